The number of rotatable bonds is 5. The van der Waals surface area contributed by atoms with E-state index in [1.165, 1.54) is 20.1 Å². The number of aromatic amines is 1. The standard InChI is InChI=1S/C18H16ClF4N5OS/c1-7-11(21)6-12(22)16(25-7)27-15(9-4-5-10(20)13(19)14(9)23)17-26-8(2)18(28-17)30(3,24)29/h4-6,15,24H,1-3H3,(H,25,27)(H,26,28). The minimum Gasteiger partial charge on any atom is -0.354 e. The summed E-state index contributed by atoms with van der Waals surface area (Å²) in [6.07, 6.45) is 1.17. The first kappa shape index (κ1) is 22.0. The Morgan fingerprint density at radius 3 is 2.37 bits per heavy atom. The number of H-pyrrole nitrogens is 1. The molecule has 0 radical (unpaired) electrons. The molecule has 3 aromatic rings. The highest BCUT2D eigenvalue weighted by molar-refractivity contribution is 7.91. The second-order valence-corrected chi connectivity index (χ2v) is 9.08. The maximum atomic E-state index is 14.8. The Balaban J connectivity index is 2.21. The Morgan fingerprint density at radius 2 is 1.77 bits per heavy atom. The van der Waals surface area contributed by atoms with E-state index >= 15 is 0 Å². The summed E-state index contributed by atoms with van der Waals surface area (Å²) in [5.41, 5.74) is -0.136. The molecule has 1 aromatic carbocycles. The minimum absolute atomic E-state index is 0.0124. The Labute approximate surface area is 174 Å². The van der Waals surface area contributed by atoms with Crippen LogP contribution >= 0.6 is 11.6 Å². The molecule has 0 fully saturated rings. The van der Waals surface area contributed by atoms with Crippen LogP contribution in [-0.4, -0.2) is 25.4 Å². The number of nitrogens with one attached hydrogen (secondary N) is 3. The highest BCUT2D eigenvalue weighted by atomic mass is 35.5. The molecule has 0 bridgehead atoms. The van der Waals surface area contributed by atoms with Gasteiger partial charge >= 0.3 is 0 Å². The molecular weight excluding hydrogens is 446 g/mol. The molecule has 0 spiro atoms. The van der Waals surface area contributed by atoms with E-state index in [2.05, 4.69) is 20.3 Å². The topological polar surface area (TPSA) is 94.5 Å². The Bertz CT molecular complexity index is 1250. The van der Waals surface area contributed by atoms with Crippen LogP contribution in [0.4, 0.5) is 23.4 Å². The van der Waals surface area contributed by atoms with Crippen molar-refractivity contribution >= 4 is 27.1 Å². The highest BCUT2D eigenvalue weighted by Gasteiger charge is 2.27. The molecule has 0 saturated carbocycles. The lowest BCUT2D eigenvalue weighted by Gasteiger charge is -2.20. The predicted molar refractivity (Wildman–Crippen MR) is 104 cm³/mol. The van der Waals surface area contributed by atoms with E-state index in [4.69, 9.17) is 16.4 Å². The van der Waals surface area contributed by atoms with Crippen LogP contribution in [0.2, 0.25) is 5.02 Å². The van der Waals surface area contributed by atoms with Crippen LogP contribution in [0.15, 0.2) is 23.2 Å². The molecule has 0 aliphatic rings. The minimum atomic E-state index is -3.21. The highest BCUT2D eigenvalue weighted by Crippen LogP contribution is 2.33. The van der Waals surface area contributed by atoms with E-state index in [0.29, 0.717) is 6.07 Å². The Kier molecular flexibility index (Phi) is 5.79. The molecule has 12 heteroatoms. The summed E-state index contributed by atoms with van der Waals surface area (Å²) in [6.45, 7) is 2.80. The van der Waals surface area contributed by atoms with Gasteiger partial charge in [0, 0.05) is 17.9 Å². The molecular formula is C18H16ClF4N5OS. The van der Waals surface area contributed by atoms with Gasteiger partial charge in [-0.25, -0.2) is 36.5 Å². The summed E-state index contributed by atoms with van der Waals surface area (Å²) in [5.74, 6) is -4.53. The lowest BCUT2D eigenvalue weighted by Crippen LogP contribution is -2.18. The predicted octanol–water partition coefficient (Wildman–Crippen LogP) is 4.87. The summed E-state index contributed by atoms with van der Waals surface area (Å²) < 4.78 is 76.2. The van der Waals surface area contributed by atoms with E-state index in [1.807, 2.05) is 0 Å². The third-order valence-corrected chi connectivity index (χ3v) is 5.81. The van der Waals surface area contributed by atoms with E-state index in [1.54, 1.807) is 0 Å². The van der Waals surface area contributed by atoms with Crippen LogP contribution in [-0.2, 0) is 9.73 Å². The molecule has 6 nitrogen and oxygen atoms in total. The van der Waals surface area contributed by atoms with E-state index < -0.39 is 49.9 Å². The second-order valence-electron chi connectivity index (χ2n) is 6.61. The van der Waals surface area contributed by atoms with Gasteiger partial charge in [0.25, 0.3) is 0 Å². The van der Waals surface area contributed by atoms with Crippen LogP contribution in [0, 0.1) is 41.9 Å². The van der Waals surface area contributed by atoms with Crippen LogP contribution in [0.1, 0.15) is 28.8 Å². The average molecular weight is 462 g/mol. The maximum absolute atomic E-state index is 14.8. The van der Waals surface area contributed by atoms with Crippen molar-refractivity contribution in [3.8, 4) is 0 Å². The molecule has 160 valence electrons. The SMILES string of the molecule is Cc1nc(NC(c2nc(C)c(S(C)(=N)=O)[nH]2)c2ccc(F)c(Cl)c2F)c(F)cc1F. The third-order valence-electron chi connectivity index (χ3n) is 4.28. The van der Waals surface area contributed by atoms with Crippen LogP contribution in [0.5, 0.6) is 0 Å². The van der Waals surface area contributed by atoms with Crippen molar-refractivity contribution < 1.29 is 21.8 Å². The fourth-order valence-electron chi connectivity index (χ4n) is 2.84. The number of benzene rings is 1. The van der Waals surface area contributed by atoms with E-state index in [-0.39, 0.29) is 27.8 Å². The Hall–Kier alpha value is -2.66. The van der Waals surface area contributed by atoms with Crippen LogP contribution in [0.25, 0.3) is 0 Å². The normalized spacial score (nSPS) is 14.4. The summed E-state index contributed by atoms with van der Waals surface area (Å²) in [6, 6.07) is 1.30. The number of hydrogen-bond donors (Lipinski definition) is 3. The number of aromatic nitrogens is 3. The molecule has 2 aromatic heterocycles. The molecule has 3 rings (SSSR count). The van der Waals surface area contributed by atoms with Crippen molar-refractivity contribution in [2.45, 2.75) is 24.9 Å². The first-order chi connectivity index (χ1) is 13.9. The molecule has 0 amide bonds. The van der Waals surface area contributed by atoms with Gasteiger partial charge < -0.3 is 10.3 Å². The van der Waals surface area contributed by atoms with Crippen molar-refractivity contribution in [3.05, 3.63) is 69.3 Å². The zero-order chi connectivity index (χ0) is 22.4. The van der Waals surface area contributed by atoms with Gasteiger partial charge in [0.15, 0.2) is 17.5 Å². The Morgan fingerprint density at radius 1 is 1.10 bits per heavy atom. The monoisotopic (exact) mass is 461 g/mol. The zero-order valence-electron chi connectivity index (χ0n) is 15.9. The molecule has 30 heavy (non-hydrogen) atoms. The quantitative estimate of drug-likeness (QED) is 0.373. The van der Waals surface area contributed by atoms with Gasteiger partial charge in [0.2, 0.25) is 0 Å². The third kappa shape index (κ3) is 4.12. The van der Waals surface area contributed by atoms with Crippen LogP contribution < -0.4 is 5.32 Å². The summed E-state index contributed by atoms with van der Waals surface area (Å²) in [7, 11) is -3.21. The van der Waals surface area contributed by atoms with Gasteiger partial charge in [-0.1, -0.05) is 17.7 Å². The van der Waals surface area contributed by atoms with Gasteiger partial charge in [0.1, 0.15) is 33.5 Å². The van der Waals surface area contributed by atoms with Gasteiger partial charge in [-0.3, -0.25) is 0 Å². The fraction of sp³-hybridized carbons (Fsp3) is 0.222. The van der Waals surface area contributed by atoms with Crippen molar-refractivity contribution in [3.63, 3.8) is 0 Å². The van der Waals surface area contributed by atoms with Gasteiger partial charge in [0.05, 0.1) is 21.1 Å². The van der Waals surface area contributed by atoms with Crippen molar-refractivity contribution in [1.29, 1.82) is 4.78 Å². The average Bonchev–Trinajstić information content (AvgIpc) is 3.04. The molecule has 2 unspecified atom stereocenters. The lowest BCUT2D eigenvalue weighted by atomic mass is 10.1. The van der Waals surface area contributed by atoms with Crippen molar-refractivity contribution in [1.82, 2.24) is 15.0 Å². The van der Waals surface area contributed by atoms with Crippen molar-refractivity contribution in [2.24, 2.45) is 0 Å². The number of imidazole rings is 1. The fourth-order valence-corrected chi connectivity index (χ4v) is 3.92. The second kappa shape index (κ2) is 7.88. The summed E-state index contributed by atoms with van der Waals surface area (Å²) in [4.78, 5) is 10.6. The summed E-state index contributed by atoms with van der Waals surface area (Å²) in [5, 5.41) is 1.81. The largest absolute Gasteiger partial charge is 0.354 e. The first-order valence-corrected chi connectivity index (χ1v) is 10.8. The van der Waals surface area contributed by atoms with E-state index in [0.717, 1.165) is 12.1 Å². The number of halogens is 5. The molecule has 3 N–H and O–H groups in total. The lowest BCUT2D eigenvalue weighted by molar-refractivity contribution is 0.558. The molecule has 0 aliphatic carbocycles. The van der Waals surface area contributed by atoms with Gasteiger partial charge in [-0.05, 0) is 19.9 Å². The maximum Gasteiger partial charge on any atom is 0.168 e. The molecule has 0 aliphatic heterocycles. The smallest absolute Gasteiger partial charge is 0.168 e. The first-order valence-electron chi connectivity index (χ1n) is 8.43. The van der Waals surface area contributed by atoms with Crippen molar-refractivity contribution in [2.75, 3.05) is 11.6 Å². The summed E-state index contributed by atoms with van der Waals surface area (Å²) >= 11 is 5.68. The van der Waals surface area contributed by atoms with Gasteiger partial charge in [-0.15, -0.1) is 0 Å². The van der Waals surface area contributed by atoms with Gasteiger partial charge in [-0.2, -0.15) is 0 Å². The number of hydrogen-bond acceptors (Lipinski definition) is 5. The molecule has 2 heterocycles. The van der Waals surface area contributed by atoms with Crippen LogP contribution in [0.3, 0.4) is 0 Å². The van der Waals surface area contributed by atoms with E-state index in [9.17, 15) is 21.8 Å². The zero-order valence-corrected chi connectivity index (χ0v) is 17.5. The number of anilines is 1. The number of aryl methyl sites for hydroxylation is 2. The number of pyridine rings is 1. The number of nitrogens with zero attached hydrogens (tertiary/aromatic N) is 2. The molecule has 2 atom stereocenters. The molecule has 0 saturated heterocycles.